The maximum atomic E-state index is 12.6. The molecule has 0 bridgehead atoms. The molecule has 3 aromatic rings. The zero-order valence-corrected chi connectivity index (χ0v) is 21.2. The number of para-hydroxylation sites is 1. The molecule has 0 saturated heterocycles. The fraction of sp³-hybridized carbons (Fsp3) is 0.320. The molecule has 0 aliphatic rings. The van der Waals surface area contributed by atoms with Crippen LogP contribution in [0.3, 0.4) is 0 Å². The van der Waals surface area contributed by atoms with Crippen LogP contribution in [-0.4, -0.2) is 30.0 Å². The zero-order chi connectivity index (χ0) is 24.2. The van der Waals surface area contributed by atoms with Crippen LogP contribution >= 0.6 is 15.9 Å². The Hall–Kier alpha value is -3.13. The van der Waals surface area contributed by atoms with Crippen LogP contribution in [0.2, 0.25) is 0 Å². The van der Waals surface area contributed by atoms with E-state index in [9.17, 15) is 4.79 Å². The molecule has 1 heterocycles. The molecule has 0 aliphatic heterocycles. The molecule has 0 spiro atoms. The highest BCUT2D eigenvalue weighted by Crippen LogP contribution is 2.36. The highest BCUT2D eigenvalue weighted by molar-refractivity contribution is 9.10. The quantitative estimate of drug-likeness (QED) is 0.380. The number of carbonyl (C=O) groups is 1. The Labute approximate surface area is 202 Å². The van der Waals surface area contributed by atoms with Gasteiger partial charge in [0.1, 0.15) is 11.5 Å². The summed E-state index contributed by atoms with van der Waals surface area (Å²) in [5.74, 6) is 2.66. The summed E-state index contributed by atoms with van der Waals surface area (Å²) in [4.78, 5) is 21.4. The largest absolute Gasteiger partial charge is 0.493 e. The van der Waals surface area contributed by atoms with E-state index in [1.165, 1.54) is 0 Å². The molecule has 2 aromatic carbocycles. The van der Waals surface area contributed by atoms with Crippen LogP contribution in [0.25, 0.3) is 0 Å². The van der Waals surface area contributed by atoms with Gasteiger partial charge in [0.25, 0.3) is 0 Å². The molecule has 1 aromatic heterocycles. The summed E-state index contributed by atoms with van der Waals surface area (Å²) < 4.78 is 17.5. The molecule has 174 valence electrons. The van der Waals surface area contributed by atoms with Crippen molar-refractivity contribution in [1.29, 1.82) is 0 Å². The Bertz CT molecular complexity index is 1160. The summed E-state index contributed by atoms with van der Waals surface area (Å²) >= 11 is 3.45. The normalized spacial score (nSPS) is 11.1. The second-order valence-corrected chi connectivity index (χ2v) is 9.41. The highest BCUT2D eigenvalue weighted by Gasteiger charge is 2.23. The Morgan fingerprint density at radius 1 is 1.09 bits per heavy atom. The summed E-state index contributed by atoms with van der Waals surface area (Å²) in [6.45, 7) is 7.66. The number of aromatic nitrogens is 2. The molecule has 0 atom stereocenters. The SMILES string of the molecule is COc1cc(Nc2ncc(Br)c(Oc3ccccc3CC(=O)C(C)(C)C)n2)cc(C)c1OC. The molecule has 0 saturated carbocycles. The van der Waals surface area contributed by atoms with Crippen molar-refractivity contribution in [3.63, 3.8) is 0 Å². The number of halogens is 1. The van der Waals surface area contributed by atoms with Gasteiger partial charge in [-0.15, -0.1) is 0 Å². The van der Waals surface area contributed by atoms with Gasteiger partial charge in [0.15, 0.2) is 11.5 Å². The van der Waals surface area contributed by atoms with Crippen LogP contribution in [0.15, 0.2) is 47.1 Å². The first kappa shape index (κ1) is 24.5. The topological polar surface area (TPSA) is 82.6 Å². The molecule has 3 rings (SSSR count). The first-order valence-corrected chi connectivity index (χ1v) is 11.2. The van der Waals surface area contributed by atoms with Gasteiger partial charge in [0, 0.05) is 29.2 Å². The van der Waals surface area contributed by atoms with Crippen molar-refractivity contribution >= 4 is 33.3 Å². The molecule has 0 amide bonds. The van der Waals surface area contributed by atoms with Gasteiger partial charge < -0.3 is 19.5 Å². The summed E-state index contributed by atoms with van der Waals surface area (Å²) in [5, 5.41) is 3.18. The van der Waals surface area contributed by atoms with Crippen LogP contribution in [0.1, 0.15) is 31.9 Å². The van der Waals surface area contributed by atoms with E-state index in [1.54, 1.807) is 20.4 Å². The van der Waals surface area contributed by atoms with Gasteiger partial charge >= 0.3 is 0 Å². The maximum Gasteiger partial charge on any atom is 0.238 e. The van der Waals surface area contributed by atoms with Crippen molar-refractivity contribution in [3.8, 4) is 23.1 Å². The first-order valence-electron chi connectivity index (χ1n) is 10.4. The molecular formula is C25H28BrN3O4. The molecular weight excluding hydrogens is 486 g/mol. The average molecular weight is 514 g/mol. The summed E-state index contributed by atoms with van der Waals surface area (Å²) in [6.07, 6.45) is 1.89. The van der Waals surface area contributed by atoms with Crippen molar-refractivity contribution in [1.82, 2.24) is 9.97 Å². The molecule has 8 heteroatoms. The van der Waals surface area contributed by atoms with Crippen LogP contribution < -0.4 is 19.5 Å². The number of hydrogen-bond acceptors (Lipinski definition) is 7. The van der Waals surface area contributed by atoms with Crippen molar-refractivity contribution in [2.75, 3.05) is 19.5 Å². The maximum absolute atomic E-state index is 12.6. The van der Waals surface area contributed by atoms with Gasteiger partial charge in [-0.1, -0.05) is 39.0 Å². The van der Waals surface area contributed by atoms with Crippen LogP contribution in [-0.2, 0) is 11.2 Å². The minimum atomic E-state index is -0.433. The van der Waals surface area contributed by atoms with E-state index in [0.29, 0.717) is 33.5 Å². The number of ether oxygens (including phenoxy) is 3. The average Bonchev–Trinajstić information content (AvgIpc) is 2.76. The molecule has 0 aliphatic carbocycles. The molecule has 7 nitrogen and oxygen atoms in total. The molecule has 0 unspecified atom stereocenters. The van der Waals surface area contributed by atoms with Crippen molar-refractivity contribution in [2.45, 2.75) is 34.1 Å². The number of benzene rings is 2. The standard InChI is InChI=1S/C25H28BrN3O4/c1-15-11-17(13-20(31-5)22(15)32-6)28-24-27-14-18(26)23(29-24)33-19-10-8-7-9-16(19)12-21(30)25(2,3)4/h7-11,13-14H,12H2,1-6H3,(H,27,28,29). The lowest BCUT2D eigenvalue weighted by Gasteiger charge is -2.18. The van der Waals surface area contributed by atoms with Crippen molar-refractivity contribution in [3.05, 3.63) is 58.2 Å². The van der Waals surface area contributed by atoms with E-state index < -0.39 is 5.41 Å². The first-order chi connectivity index (χ1) is 15.6. The molecule has 1 N–H and O–H groups in total. The number of nitrogens with one attached hydrogen (secondary N) is 1. The number of ketones is 1. The van der Waals surface area contributed by atoms with Gasteiger partial charge in [-0.3, -0.25) is 4.79 Å². The summed E-state index contributed by atoms with van der Waals surface area (Å²) in [5.41, 5.74) is 2.02. The minimum Gasteiger partial charge on any atom is -0.493 e. The minimum absolute atomic E-state index is 0.131. The number of aryl methyl sites for hydroxylation is 1. The number of anilines is 2. The Kier molecular flexibility index (Phi) is 7.58. The van der Waals surface area contributed by atoms with E-state index in [-0.39, 0.29) is 12.2 Å². The highest BCUT2D eigenvalue weighted by atomic mass is 79.9. The predicted octanol–water partition coefficient (Wildman–Crippen LogP) is 6.26. The third-order valence-electron chi connectivity index (χ3n) is 5.00. The van der Waals surface area contributed by atoms with E-state index in [4.69, 9.17) is 14.2 Å². The Morgan fingerprint density at radius 2 is 1.82 bits per heavy atom. The molecule has 0 radical (unpaired) electrons. The van der Waals surface area contributed by atoms with Gasteiger partial charge in [-0.2, -0.15) is 4.98 Å². The second kappa shape index (κ2) is 10.2. The smallest absolute Gasteiger partial charge is 0.238 e. The van der Waals surface area contributed by atoms with Crippen molar-refractivity contribution < 1.29 is 19.0 Å². The second-order valence-electron chi connectivity index (χ2n) is 8.56. The van der Waals surface area contributed by atoms with E-state index in [0.717, 1.165) is 16.8 Å². The number of Topliss-reactive ketones (excluding diaryl/α,β-unsaturated/α-hetero) is 1. The number of rotatable bonds is 8. The number of nitrogens with zero attached hydrogens (tertiary/aromatic N) is 2. The Balaban J connectivity index is 1.87. The number of hydrogen-bond donors (Lipinski definition) is 1. The number of methoxy groups -OCH3 is 2. The third kappa shape index (κ3) is 6.01. The monoisotopic (exact) mass is 513 g/mol. The van der Waals surface area contributed by atoms with Crippen LogP contribution in [0.4, 0.5) is 11.6 Å². The summed E-state index contributed by atoms with van der Waals surface area (Å²) in [7, 11) is 3.19. The van der Waals surface area contributed by atoms with E-state index in [1.807, 2.05) is 64.1 Å². The fourth-order valence-corrected chi connectivity index (χ4v) is 3.40. The number of carbonyl (C=O) groups excluding carboxylic acids is 1. The van der Waals surface area contributed by atoms with Crippen LogP contribution in [0, 0.1) is 12.3 Å². The molecule has 0 fully saturated rings. The zero-order valence-electron chi connectivity index (χ0n) is 19.7. The fourth-order valence-electron chi connectivity index (χ4n) is 3.13. The lowest BCUT2D eigenvalue weighted by molar-refractivity contribution is -0.125. The van der Waals surface area contributed by atoms with E-state index in [2.05, 4.69) is 31.2 Å². The van der Waals surface area contributed by atoms with Gasteiger partial charge in [-0.25, -0.2) is 4.98 Å². The van der Waals surface area contributed by atoms with Gasteiger partial charge in [0.05, 0.1) is 24.9 Å². The third-order valence-corrected chi connectivity index (χ3v) is 5.54. The summed E-state index contributed by atoms with van der Waals surface area (Å²) in [6, 6.07) is 11.2. The van der Waals surface area contributed by atoms with E-state index >= 15 is 0 Å². The van der Waals surface area contributed by atoms with Gasteiger partial charge in [-0.05, 0) is 40.5 Å². The van der Waals surface area contributed by atoms with Gasteiger partial charge in [0.2, 0.25) is 11.8 Å². The molecule has 33 heavy (non-hydrogen) atoms. The predicted molar refractivity (Wildman–Crippen MR) is 132 cm³/mol. The lowest BCUT2D eigenvalue weighted by Crippen LogP contribution is -2.22. The van der Waals surface area contributed by atoms with Crippen molar-refractivity contribution in [2.24, 2.45) is 5.41 Å². The Morgan fingerprint density at radius 3 is 2.48 bits per heavy atom. The lowest BCUT2D eigenvalue weighted by atomic mass is 9.87. The van der Waals surface area contributed by atoms with Crippen LogP contribution in [0.5, 0.6) is 23.1 Å².